The third-order valence-electron chi connectivity index (χ3n) is 6.31. The number of carbonyl (C=O) groups is 1. The Labute approximate surface area is 221 Å². The van der Waals surface area contributed by atoms with Crippen molar-refractivity contribution in [3.05, 3.63) is 96.6 Å². The third-order valence-corrected chi connectivity index (χ3v) is 8.30. The SMILES string of the molecule is CC(C)CCC(CO)(CO)C(C)C.O=C(O)c1ccccc1.O=P(O)(c1ccccc1)c1ccccc1. The van der Waals surface area contributed by atoms with Crippen molar-refractivity contribution in [2.24, 2.45) is 17.3 Å². The fourth-order valence-electron chi connectivity index (χ4n) is 3.43. The Balaban J connectivity index is 0.000000287. The average Bonchev–Trinajstić information content (AvgIpc) is 2.91. The number of rotatable bonds is 9. The highest BCUT2D eigenvalue weighted by Gasteiger charge is 2.32. The Morgan fingerprint density at radius 1 is 0.757 bits per heavy atom. The van der Waals surface area contributed by atoms with Crippen LogP contribution in [0.1, 0.15) is 50.9 Å². The number of aliphatic hydroxyl groups excluding tert-OH is 2. The molecule has 0 aliphatic rings. The fraction of sp³-hybridized carbons (Fsp3) is 0.367. The first-order chi connectivity index (χ1) is 17.5. The molecule has 0 aliphatic carbocycles. The second kappa shape index (κ2) is 16.2. The van der Waals surface area contributed by atoms with Gasteiger partial charge in [-0.05, 0) is 54.7 Å². The molecule has 3 aromatic carbocycles. The van der Waals surface area contributed by atoms with Gasteiger partial charge in [0.1, 0.15) is 0 Å². The lowest BCUT2D eigenvalue weighted by molar-refractivity contribution is 0.00497. The van der Waals surface area contributed by atoms with Crippen molar-refractivity contribution in [1.82, 2.24) is 0 Å². The Bertz CT molecular complexity index is 1020. The molecule has 37 heavy (non-hydrogen) atoms. The number of hydrogen-bond acceptors (Lipinski definition) is 4. The van der Waals surface area contributed by atoms with Crippen LogP contribution in [-0.2, 0) is 4.57 Å². The van der Waals surface area contributed by atoms with Crippen LogP contribution in [0.5, 0.6) is 0 Å². The van der Waals surface area contributed by atoms with Gasteiger partial charge >= 0.3 is 5.97 Å². The minimum absolute atomic E-state index is 0.0912. The van der Waals surface area contributed by atoms with E-state index in [9.17, 15) is 24.5 Å². The van der Waals surface area contributed by atoms with Gasteiger partial charge in [0, 0.05) is 16.0 Å². The van der Waals surface area contributed by atoms with Gasteiger partial charge in [-0.15, -0.1) is 0 Å². The van der Waals surface area contributed by atoms with Gasteiger partial charge in [0.05, 0.1) is 18.8 Å². The van der Waals surface area contributed by atoms with E-state index in [2.05, 4.69) is 27.7 Å². The summed E-state index contributed by atoms with van der Waals surface area (Å²) in [4.78, 5) is 20.2. The molecule has 0 fully saturated rings. The lowest BCUT2D eigenvalue weighted by atomic mass is 9.74. The molecule has 0 aromatic heterocycles. The maximum Gasteiger partial charge on any atom is 0.335 e. The zero-order chi connectivity index (χ0) is 27.9. The van der Waals surface area contributed by atoms with Crippen molar-refractivity contribution in [3.63, 3.8) is 0 Å². The molecular weight excluding hydrogens is 487 g/mol. The van der Waals surface area contributed by atoms with Gasteiger partial charge in [-0.2, -0.15) is 0 Å². The number of benzene rings is 3. The number of carboxylic acid groups (broad SMARTS) is 1. The molecule has 0 radical (unpaired) electrons. The minimum atomic E-state index is -3.40. The van der Waals surface area contributed by atoms with Gasteiger partial charge in [-0.25, -0.2) is 4.79 Å². The maximum absolute atomic E-state index is 12.2. The largest absolute Gasteiger partial charge is 0.478 e. The fourth-order valence-corrected chi connectivity index (χ4v) is 4.88. The monoisotopic (exact) mass is 528 g/mol. The molecule has 0 bridgehead atoms. The van der Waals surface area contributed by atoms with Gasteiger partial charge in [0.15, 0.2) is 0 Å². The predicted octanol–water partition coefficient (Wildman–Crippen LogP) is 5.34. The first-order valence-electron chi connectivity index (χ1n) is 12.4. The van der Waals surface area contributed by atoms with Crippen LogP contribution in [0.25, 0.3) is 0 Å². The molecule has 0 aliphatic heterocycles. The van der Waals surface area contributed by atoms with Crippen LogP contribution in [0.2, 0.25) is 0 Å². The van der Waals surface area contributed by atoms with E-state index in [0.29, 0.717) is 28.0 Å². The van der Waals surface area contributed by atoms with Crippen molar-refractivity contribution in [3.8, 4) is 0 Å². The standard InChI is InChI=1S/C12H11O2P.C11H24O2.C7H6O2/c13-15(14,11-7-3-1-4-8-11)12-9-5-2-6-10-12;1-9(2)5-6-11(7-12,8-13)10(3)4;8-7(9)6-4-2-1-3-5-6/h1-10H,(H,13,14);9-10,12-13H,5-8H2,1-4H3;1-5H,(H,8,9). The lowest BCUT2D eigenvalue weighted by Gasteiger charge is -2.34. The molecule has 0 saturated heterocycles. The van der Waals surface area contributed by atoms with E-state index in [1.165, 1.54) is 0 Å². The minimum Gasteiger partial charge on any atom is -0.478 e. The summed E-state index contributed by atoms with van der Waals surface area (Å²) in [6.07, 6.45) is 1.98. The first kappa shape index (κ1) is 32.3. The van der Waals surface area contributed by atoms with E-state index in [0.717, 1.165) is 12.8 Å². The zero-order valence-electron chi connectivity index (χ0n) is 22.2. The summed E-state index contributed by atoms with van der Waals surface area (Å²) in [7, 11) is -3.40. The smallest absolute Gasteiger partial charge is 0.335 e. The van der Waals surface area contributed by atoms with Gasteiger partial charge < -0.3 is 20.2 Å². The number of aromatic carboxylic acids is 1. The third kappa shape index (κ3) is 10.6. The molecule has 0 unspecified atom stereocenters. The van der Waals surface area contributed by atoms with Gasteiger partial charge in [0.2, 0.25) is 0 Å². The highest BCUT2D eigenvalue weighted by molar-refractivity contribution is 7.73. The zero-order valence-corrected chi connectivity index (χ0v) is 23.1. The molecule has 3 aromatic rings. The number of carboxylic acids is 1. The molecule has 0 saturated carbocycles. The average molecular weight is 529 g/mol. The van der Waals surface area contributed by atoms with Gasteiger partial charge in [-0.3, -0.25) is 4.57 Å². The van der Waals surface area contributed by atoms with Crippen molar-refractivity contribution >= 4 is 23.9 Å². The molecular formula is C30H41O6P. The van der Waals surface area contributed by atoms with Crippen LogP contribution in [0.15, 0.2) is 91.0 Å². The van der Waals surface area contributed by atoms with E-state index in [4.69, 9.17) is 5.11 Å². The predicted molar refractivity (Wildman–Crippen MR) is 151 cm³/mol. The molecule has 3 rings (SSSR count). The van der Waals surface area contributed by atoms with Crippen LogP contribution >= 0.6 is 7.37 Å². The highest BCUT2D eigenvalue weighted by atomic mass is 31.2. The highest BCUT2D eigenvalue weighted by Crippen LogP contribution is 2.37. The second-order valence-corrected chi connectivity index (χ2v) is 11.9. The van der Waals surface area contributed by atoms with Crippen LogP contribution < -0.4 is 10.6 Å². The molecule has 7 heteroatoms. The Kier molecular flexibility index (Phi) is 14.1. The van der Waals surface area contributed by atoms with Crippen LogP contribution in [-0.4, -0.2) is 39.4 Å². The summed E-state index contributed by atoms with van der Waals surface area (Å²) >= 11 is 0. The summed E-state index contributed by atoms with van der Waals surface area (Å²) in [5, 5.41) is 27.9. The quantitative estimate of drug-likeness (QED) is 0.279. The maximum atomic E-state index is 12.2. The summed E-state index contributed by atoms with van der Waals surface area (Å²) in [5.41, 5.74) is 0.0575. The van der Waals surface area contributed by atoms with Crippen molar-refractivity contribution in [1.29, 1.82) is 0 Å². The normalized spacial score (nSPS) is 11.3. The van der Waals surface area contributed by atoms with Crippen LogP contribution in [0, 0.1) is 17.3 Å². The van der Waals surface area contributed by atoms with Gasteiger partial charge in [0.25, 0.3) is 7.37 Å². The van der Waals surface area contributed by atoms with E-state index >= 15 is 0 Å². The topological polar surface area (TPSA) is 115 Å². The van der Waals surface area contributed by atoms with E-state index in [1.54, 1.807) is 78.9 Å². The summed E-state index contributed by atoms with van der Waals surface area (Å²) < 4.78 is 12.2. The molecule has 0 amide bonds. The van der Waals surface area contributed by atoms with Crippen molar-refractivity contribution in [2.75, 3.05) is 13.2 Å². The summed E-state index contributed by atoms with van der Waals surface area (Å²) in [6, 6.07) is 25.7. The number of hydrogen-bond donors (Lipinski definition) is 4. The van der Waals surface area contributed by atoms with Crippen LogP contribution in [0.4, 0.5) is 0 Å². The first-order valence-corrected chi connectivity index (χ1v) is 14.1. The van der Waals surface area contributed by atoms with E-state index in [1.807, 2.05) is 12.1 Å². The number of aliphatic hydroxyl groups is 2. The Morgan fingerprint density at radius 2 is 1.14 bits per heavy atom. The molecule has 0 atom stereocenters. The molecule has 202 valence electrons. The Morgan fingerprint density at radius 3 is 1.41 bits per heavy atom. The van der Waals surface area contributed by atoms with Crippen molar-refractivity contribution in [2.45, 2.75) is 40.5 Å². The van der Waals surface area contributed by atoms with E-state index < -0.39 is 13.3 Å². The summed E-state index contributed by atoms with van der Waals surface area (Å²) in [5.74, 6) is 0.0908. The summed E-state index contributed by atoms with van der Waals surface area (Å²) in [6.45, 7) is 8.64. The molecule has 6 nitrogen and oxygen atoms in total. The van der Waals surface area contributed by atoms with Crippen LogP contribution in [0.3, 0.4) is 0 Å². The molecule has 0 spiro atoms. The lowest BCUT2D eigenvalue weighted by Crippen LogP contribution is -2.35. The van der Waals surface area contributed by atoms with Crippen molar-refractivity contribution < 1.29 is 29.6 Å². The second-order valence-electron chi connectivity index (χ2n) is 9.68. The molecule has 4 N–H and O–H groups in total. The molecule has 0 heterocycles. The van der Waals surface area contributed by atoms with Gasteiger partial charge in [-0.1, -0.05) is 88.7 Å². The van der Waals surface area contributed by atoms with E-state index in [-0.39, 0.29) is 18.6 Å². The Hall–Kier alpha value is -2.76.